The van der Waals surface area contributed by atoms with Crippen LogP contribution in [0.3, 0.4) is 0 Å². The van der Waals surface area contributed by atoms with Crippen LogP contribution in [0.25, 0.3) is 5.69 Å². The number of carbonyl (C=O) groups is 3. The van der Waals surface area contributed by atoms with Crippen molar-refractivity contribution in [3.05, 3.63) is 46.4 Å². The number of anilines is 1. The van der Waals surface area contributed by atoms with Gasteiger partial charge in [0.2, 0.25) is 17.7 Å². The van der Waals surface area contributed by atoms with Gasteiger partial charge in [-0.15, -0.1) is 0 Å². The van der Waals surface area contributed by atoms with Crippen molar-refractivity contribution >= 4 is 23.4 Å². The molecule has 0 bridgehead atoms. The predicted octanol–water partition coefficient (Wildman–Crippen LogP) is 1.99. The van der Waals surface area contributed by atoms with Crippen molar-refractivity contribution < 1.29 is 14.4 Å². The summed E-state index contributed by atoms with van der Waals surface area (Å²) in [6, 6.07) is 8.15. The second-order valence-corrected chi connectivity index (χ2v) is 8.15. The Morgan fingerprint density at radius 1 is 1.03 bits per heavy atom. The van der Waals surface area contributed by atoms with Crippen molar-refractivity contribution in [1.82, 2.24) is 14.3 Å². The highest BCUT2D eigenvalue weighted by Gasteiger charge is 2.50. The molecule has 2 heterocycles. The average Bonchev–Trinajstić information content (AvgIpc) is 3.13. The summed E-state index contributed by atoms with van der Waals surface area (Å²) >= 11 is 0. The van der Waals surface area contributed by atoms with E-state index in [1.54, 1.807) is 30.8 Å². The number of imide groups is 1. The van der Waals surface area contributed by atoms with Crippen molar-refractivity contribution in [3.63, 3.8) is 0 Å². The second-order valence-electron chi connectivity index (χ2n) is 8.15. The normalized spacial score (nSPS) is 22.2. The van der Waals surface area contributed by atoms with Crippen molar-refractivity contribution in [2.75, 3.05) is 5.32 Å². The maximum atomic E-state index is 13.0. The van der Waals surface area contributed by atoms with E-state index in [1.165, 1.54) is 11.6 Å². The number of para-hydroxylation sites is 1. The molecule has 3 atom stereocenters. The summed E-state index contributed by atoms with van der Waals surface area (Å²) < 4.78 is 3.13. The third kappa shape index (κ3) is 3.07. The number of nitrogens with one attached hydrogen (secondary N) is 1. The molecule has 1 aliphatic carbocycles. The zero-order valence-electron chi connectivity index (χ0n) is 17.4. The Balaban J connectivity index is 1.60. The molecule has 8 nitrogen and oxygen atoms in total. The van der Waals surface area contributed by atoms with Crippen LogP contribution in [0.4, 0.5) is 5.69 Å². The Morgan fingerprint density at radius 2 is 1.60 bits per heavy atom. The fraction of sp³-hybridized carbons (Fsp3) is 0.455. The standard InChI is InChI=1S/C22H26N4O4/c1-13-18(22(30)26(24(13)3)15-9-5-4-6-10-15)23-19(27)14(2)25-20(28)16-11-7-8-12-17(16)21(25)29/h4-6,9-10,14,16-17H,7-8,11-12H2,1-3H3,(H,23,27)/t14-,16+,17+/m0/s1. The second kappa shape index (κ2) is 7.59. The lowest BCUT2D eigenvalue weighted by molar-refractivity contribution is -0.146. The van der Waals surface area contributed by atoms with Gasteiger partial charge < -0.3 is 5.32 Å². The van der Waals surface area contributed by atoms with Crippen molar-refractivity contribution in [2.45, 2.75) is 45.6 Å². The quantitative estimate of drug-likeness (QED) is 0.780. The zero-order valence-corrected chi connectivity index (χ0v) is 17.4. The largest absolute Gasteiger partial charge is 0.318 e. The molecule has 1 saturated heterocycles. The maximum absolute atomic E-state index is 13.0. The van der Waals surface area contributed by atoms with E-state index in [0.29, 0.717) is 24.2 Å². The lowest BCUT2D eigenvalue weighted by Crippen LogP contribution is -2.46. The molecule has 1 N–H and O–H groups in total. The fourth-order valence-corrected chi connectivity index (χ4v) is 4.63. The van der Waals surface area contributed by atoms with Crippen molar-refractivity contribution in [1.29, 1.82) is 0 Å². The molecule has 0 spiro atoms. The number of amides is 3. The highest BCUT2D eigenvalue weighted by Crippen LogP contribution is 2.38. The minimum atomic E-state index is -0.972. The number of benzene rings is 1. The number of aromatic nitrogens is 2. The molecular weight excluding hydrogens is 384 g/mol. The molecule has 2 aliphatic rings. The topological polar surface area (TPSA) is 93.4 Å². The predicted molar refractivity (Wildman–Crippen MR) is 111 cm³/mol. The molecule has 1 aromatic carbocycles. The van der Waals surface area contributed by atoms with E-state index in [4.69, 9.17) is 0 Å². The van der Waals surface area contributed by atoms with E-state index < -0.39 is 11.9 Å². The molecule has 4 rings (SSSR count). The Hall–Kier alpha value is -3.16. The SMILES string of the molecule is Cc1c(NC(=O)[C@H](C)N2C(=O)[C@@H]3CCCC[C@H]3C2=O)c(=O)n(-c2ccccc2)n1C. The Labute approximate surface area is 174 Å². The van der Waals surface area contributed by atoms with E-state index >= 15 is 0 Å². The summed E-state index contributed by atoms with van der Waals surface area (Å²) in [6.45, 7) is 3.28. The Kier molecular flexibility index (Phi) is 5.09. The first kappa shape index (κ1) is 20.1. The van der Waals surface area contributed by atoms with Gasteiger partial charge in [0.15, 0.2) is 0 Å². The number of carbonyl (C=O) groups excluding carboxylic acids is 3. The molecule has 3 amide bonds. The van der Waals surface area contributed by atoms with Crippen LogP contribution in [-0.2, 0) is 21.4 Å². The van der Waals surface area contributed by atoms with Crippen molar-refractivity contribution in [2.24, 2.45) is 18.9 Å². The van der Waals surface area contributed by atoms with Crippen LogP contribution < -0.4 is 10.9 Å². The van der Waals surface area contributed by atoms with Gasteiger partial charge in [0.25, 0.3) is 5.56 Å². The molecule has 0 unspecified atom stereocenters. The zero-order chi connectivity index (χ0) is 21.6. The van der Waals surface area contributed by atoms with Gasteiger partial charge in [-0.2, -0.15) is 0 Å². The van der Waals surface area contributed by atoms with Gasteiger partial charge in [-0.05, 0) is 38.8 Å². The number of likely N-dealkylation sites (tertiary alicyclic amines) is 1. The van der Waals surface area contributed by atoms with Gasteiger partial charge in [0, 0.05) is 7.05 Å². The molecule has 1 aromatic heterocycles. The van der Waals surface area contributed by atoms with Crippen LogP contribution in [0.15, 0.2) is 35.1 Å². The minimum Gasteiger partial charge on any atom is -0.318 e. The van der Waals surface area contributed by atoms with E-state index in [9.17, 15) is 19.2 Å². The number of rotatable bonds is 4. The third-order valence-electron chi connectivity index (χ3n) is 6.44. The first-order valence-electron chi connectivity index (χ1n) is 10.3. The van der Waals surface area contributed by atoms with Gasteiger partial charge in [0.1, 0.15) is 11.7 Å². The van der Waals surface area contributed by atoms with Crippen LogP contribution in [0, 0.1) is 18.8 Å². The van der Waals surface area contributed by atoms with Crippen LogP contribution in [0.5, 0.6) is 0 Å². The van der Waals surface area contributed by atoms with Crippen LogP contribution >= 0.6 is 0 Å². The summed E-state index contributed by atoms with van der Waals surface area (Å²) in [7, 11) is 1.74. The number of nitrogens with zero attached hydrogens (tertiary/aromatic N) is 3. The molecule has 2 aromatic rings. The van der Waals surface area contributed by atoms with Gasteiger partial charge in [-0.3, -0.25) is 28.8 Å². The molecule has 30 heavy (non-hydrogen) atoms. The molecule has 158 valence electrons. The monoisotopic (exact) mass is 410 g/mol. The molecule has 8 heteroatoms. The van der Waals surface area contributed by atoms with Gasteiger partial charge >= 0.3 is 0 Å². The summed E-state index contributed by atoms with van der Waals surface area (Å²) in [5.74, 6) is -1.69. The highest BCUT2D eigenvalue weighted by molar-refractivity contribution is 6.09. The molecule has 0 radical (unpaired) electrons. The lowest BCUT2D eigenvalue weighted by Gasteiger charge is -2.22. The van der Waals surface area contributed by atoms with Crippen LogP contribution in [0.1, 0.15) is 38.3 Å². The number of fused-ring (bicyclic) bond motifs is 1. The Morgan fingerprint density at radius 3 is 2.17 bits per heavy atom. The van der Waals surface area contributed by atoms with E-state index in [1.807, 2.05) is 18.2 Å². The van der Waals surface area contributed by atoms with Gasteiger partial charge in [0.05, 0.1) is 23.2 Å². The van der Waals surface area contributed by atoms with E-state index in [0.717, 1.165) is 17.7 Å². The first-order valence-corrected chi connectivity index (χ1v) is 10.3. The highest BCUT2D eigenvalue weighted by atomic mass is 16.2. The van der Waals surface area contributed by atoms with E-state index in [2.05, 4.69) is 5.32 Å². The molecule has 1 saturated carbocycles. The summed E-state index contributed by atoms with van der Waals surface area (Å²) in [6.07, 6.45) is 3.24. The maximum Gasteiger partial charge on any atom is 0.295 e. The molecule has 1 aliphatic heterocycles. The lowest BCUT2D eigenvalue weighted by atomic mass is 9.81. The number of hydrogen-bond donors (Lipinski definition) is 1. The van der Waals surface area contributed by atoms with Crippen molar-refractivity contribution in [3.8, 4) is 5.69 Å². The summed E-state index contributed by atoms with van der Waals surface area (Å²) in [4.78, 5) is 52.6. The average molecular weight is 410 g/mol. The van der Waals surface area contributed by atoms with Crippen LogP contribution in [-0.4, -0.2) is 38.0 Å². The minimum absolute atomic E-state index is 0.148. The van der Waals surface area contributed by atoms with Gasteiger partial charge in [-0.1, -0.05) is 31.0 Å². The van der Waals surface area contributed by atoms with Gasteiger partial charge in [-0.25, -0.2) is 4.68 Å². The van der Waals surface area contributed by atoms with E-state index in [-0.39, 0.29) is 34.9 Å². The first-order chi connectivity index (χ1) is 14.3. The Bertz CT molecular complexity index is 1040. The van der Waals surface area contributed by atoms with Crippen LogP contribution in [0.2, 0.25) is 0 Å². The summed E-state index contributed by atoms with van der Waals surface area (Å²) in [5, 5.41) is 2.67. The smallest absolute Gasteiger partial charge is 0.295 e. The third-order valence-corrected chi connectivity index (χ3v) is 6.44. The number of hydrogen-bond acceptors (Lipinski definition) is 4. The fourth-order valence-electron chi connectivity index (χ4n) is 4.63. The summed E-state index contributed by atoms with van der Waals surface area (Å²) in [5.41, 5.74) is 1.04. The molecule has 2 fully saturated rings. The molecular formula is C22H26N4O4.